The predicted molar refractivity (Wildman–Crippen MR) is 136 cm³/mol. The highest BCUT2D eigenvalue weighted by atomic mass is 16.5. The Labute approximate surface area is 208 Å². The molecular weight excluding hydrogens is 444 g/mol. The summed E-state index contributed by atoms with van der Waals surface area (Å²) >= 11 is 0. The van der Waals surface area contributed by atoms with Crippen LogP contribution in [0.3, 0.4) is 0 Å². The van der Waals surface area contributed by atoms with Gasteiger partial charge in [0.2, 0.25) is 0 Å². The first kappa shape index (κ1) is 25.2. The lowest BCUT2D eigenvalue weighted by molar-refractivity contribution is 0.0698. The van der Waals surface area contributed by atoms with E-state index in [1.165, 1.54) is 24.8 Å². The molecule has 0 saturated carbocycles. The van der Waals surface area contributed by atoms with Gasteiger partial charge in [0, 0.05) is 31.2 Å². The van der Waals surface area contributed by atoms with Crippen molar-refractivity contribution in [3.8, 4) is 23.0 Å². The predicted octanol–water partition coefficient (Wildman–Crippen LogP) is 4.21. The van der Waals surface area contributed by atoms with Gasteiger partial charge in [-0.05, 0) is 74.0 Å². The Morgan fingerprint density at radius 2 is 1.54 bits per heavy atom. The zero-order chi connectivity index (χ0) is 24.8. The van der Waals surface area contributed by atoms with Crippen LogP contribution < -0.4 is 18.9 Å². The lowest BCUT2D eigenvalue weighted by Crippen LogP contribution is -2.44. The number of hydrogen-bond donors (Lipinski definition) is 0. The lowest BCUT2D eigenvalue weighted by atomic mass is 9.95. The molecule has 1 saturated heterocycles. The Bertz CT molecular complexity index is 1020. The molecule has 7 nitrogen and oxygen atoms in total. The van der Waals surface area contributed by atoms with Crippen LogP contribution in [0.4, 0.5) is 0 Å². The molecule has 0 aromatic heterocycles. The summed E-state index contributed by atoms with van der Waals surface area (Å²) < 4.78 is 21.7. The molecule has 4 rings (SSSR count). The molecule has 1 unspecified atom stereocenters. The van der Waals surface area contributed by atoms with Gasteiger partial charge in [-0.3, -0.25) is 9.69 Å². The molecule has 2 heterocycles. The Balaban J connectivity index is 1.36. The SMILES string of the molecule is COc1ccc(CCN2CCCCC2CCN2CCc3cc(OC)c(OC)cc3C2=O)cc1OC. The summed E-state index contributed by atoms with van der Waals surface area (Å²) in [7, 11) is 6.57. The van der Waals surface area contributed by atoms with Crippen molar-refractivity contribution in [1.29, 1.82) is 0 Å². The molecule has 1 atom stereocenters. The fourth-order valence-corrected chi connectivity index (χ4v) is 5.36. The highest BCUT2D eigenvalue weighted by molar-refractivity contribution is 5.97. The van der Waals surface area contributed by atoms with Crippen LogP contribution in [0.5, 0.6) is 23.0 Å². The fourth-order valence-electron chi connectivity index (χ4n) is 5.36. The van der Waals surface area contributed by atoms with E-state index in [1.54, 1.807) is 28.4 Å². The third-order valence-electron chi connectivity index (χ3n) is 7.40. The Morgan fingerprint density at radius 3 is 2.29 bits per heavy atom. The standard InChI is InChI=1S/C28H38N2O5/c1-32-24-9-8-20(17-25(24)33-2)10-14-29-13-6-5-7-22(29)12-16-30-15-11-21-18-26(34-3)27(35-4)19-23(21)28(30)31/h8-9,17-19,22H,5-7,10-16H2,1-4H3. The zero-order valence-electron chi connectivity index (χ0n) is 21.5. The van der Waals surface area contributed by atoms with Crippen molar-refractivity contribution in [1.82, 2.24) is 9.80 Å². The first-order valence-electron chi connectivity index (χ1n) is 12.6. The molecule has 7 heteroatoms. The molecule has 0 N–H and O–H groups in total. The number of rotatable bonds is 10. The van der Waals surface area contributed by atoms with E-state index in [-0.39, 0.29) is 5.91 Å². The van der Waals surface area contributed by atoms with E-state index in [2.05, 4.69) is 17.0 Å². The largest absolute Gasteiger partial charge is 0.493 e. The van der Waals surface area contributed by atoms with Gasteiger partial charge < -0.3 is 23.8 Å². The summed E-state index contributed by atoms with van der Waals surface area (Å²) in [5.41, 5.74) is 3.03. The molecule has 1 fully saturated rings. The molecule has 2 aliphatic heterocycles. The molecule has 2 aromatic carbocycles. The van der Waals surface area contributed by atoms with E-state index < -0.39 is 0 Å². The number of nitrogens with zero attached hydrogens (tertiary/aromatic N) is 2. The molecule has 35 heavy (non-hydrogen) atoms. The summed E-state index contributed by atoms with van der Waals surface area (Å²) in [6, 6.07) is 10.5. The van der Waals surface area contributed by atoms with Crippen LogP contribution >= 0.6 is 0 Å². The third kappa shape index (κ3) is 5.67. The molecule has 0 radical (unpaired) electrons. The summed E-state index contributed by atoms with van der Waals surface area (Å²) in [6.45, 7) is 3.66. The van der Waals surface area contributed by atoms with Crippen LogP contribution in [0.2, 0.25) is 0 Å². The van der Waals surface area contributed by atoms with Crippen molar-refractivity contribution in [3.63, 3.8) is 0 Å². The second kappa shape index (κ2) is 11.7. The first-order valence-corrected chi connectivity index (χ1v) is 12.6. The Morgan fingerprint density at radius 1 is 0.829 bits per heavy atom. The lowest BCUT2D eigenvalue weighted by Gasteiger charge is -2.38. The molecule has 0 aliphatic carbocycles. The smallest absolute Gasteiger partial charge is 0.254 e. The monoisotopic (exact) mass is 482 g/mol. The van der Waals surface area contributed by atoms with Crippen LogP contribution in [-0.2, 0) is 12.8 Å². The van der Waals surface area contributed by atoms with Crippen molar-refractivity contribution >= 4 is 5.91 Å². The number of fused-ring (bicyclic) bond motifs is 1. The number of amides is 1. The van der Waals surface area contributed by atoms with Crippen molar-refractivity contribution < 1.29 is 23.7 Å². The van der Waals surface area contributed by atoms with E-state index in [0.29, 0.717) is 17.5 Å². The van der Waals surface area contributed by atoms with E-state index in [1.807, 2.05) is 23.1 Å². The van der Waals surface area contributed by atoms with Gasteiger partial charge in [0.1, 0.15) is 0 Å². The van der Waals surface area contributed by atoms with Crippen molar-refractivity contribution in [2.75, 3.05) is 54.6 Å². The minimum absolute atomic E-state index is 0.0971. The van der Waals surface area contributed by atoms with Crippen LogP contribution in [0.25, 0.3) is 0 Å². The second-order valence-electron chi connectivity index (χ2n) is 9.32. The average Bonchev–Trinajstić information content (AvgIpc) is 2.91. The van der Waals surface area contributed by atoms with Gasteiger partial charge in [-0.25, -0.2) is 0 Å². The van der Waals surface area contributed by atoms with Crippen molar-refractivity contribution in [2.45, 2.75) is 44.6 Å². The van der Waals surface area contributed by atoms with Gasteiger partial charge >= 0.3 is 0 Å². The molecule has 1 amide bonds. The number of hydrogen-bond acceptors (Lipinski definition) is 6. The average molecular weight is 483 g/mol. The number of piperidine rings is 1. The van der Waals surface area contributed by atoms with E-state index >= 15 is 0 Å². The normalized spacial score (nSPS) is 18.2. The summed E-state index contributed by atoms with van der Waals surface area (Å²) in [6.07, 6.45) is 6.49. The van der Waals surface area contributed by atoms with Gasteiger partial charge in [-0.1, -0.05) is 12.5 Å². The molecular formula is C28H38N2O5. The first-order chi connectivity index (χ1) is 17.1. The van der Waals surface area contributed by atoms with E-state index in [0.717, 1.165) is 68.1 Å². The number of carbonyl (C=O) groups is 1. The van der Waals surface area contributed by atoms with Gasteiger partial charge in [-0.15, -0.1) is 0 Å². The Kier molecular flexibility index (Phi) is 8.39. The highest BCUT2D eigenvalue weighted by Gasteiger charge is 2.28. The fraction of sp³-hybridized carbons (Fsp3) is 0.536. The number of methoxy groups -OCH3 is 4. The number of benzene rings is 2. The zero-order valence-corrected chi connectivity index (χ0v) is 21.5. The minimum atomic E-state index is 0.0971. The van der Waals surface area contributed by atoms with Crippen LogP contribution in [-0.4, -0.2) is 76.4 Å². The quantitative estimate of drug-likeness (QED) is 0.506. The van der Waals surface area contributed by atoms with E-state index in [9.17, 15) is 4.79 Å². The highest BCUT2D eigenvalue weighted by Crippen LogP contribution is 2.33. The number of likely N-dealkylation sites (tertiary alicyclic amines) is 1. The maximum absolute atomic E-state index is 13.3. The minimum Gasteiger partial charge on any atom is -0.493 e. The van der Waals surface area contributed by atoms with Crippen LogP contribution in [0.15, 0.2) is 30.3 Å². The maximum Gasteiger partial charge on any atom is 0.254 e. The van der Waals surface area contributed by atoms with Gasteiger partial charge in [0.25, 0.3) is 5.91 Å². The second-order valence-corrected chi connectivity index (χ2v) is 9.32. The van der Waals surface area contributed by atoms with E-state index in [4.69, 9.17) is 18.9 Å². The van der Waals surface area contributed by atoms with Crippen molar-refractivity contribution in [3.05, 3.63) is 47.0 Å². The summed E-state index contributed by atoms with van der Waals surface area (Å²) in [5.74, 6) is 2.92. The maximum atomic E-state index is 13.3. The van der Waals surface area contributed by atoms with Crippen LogP contribution in [0.1, 0.15) is 47.2 Å². The van der Waals surface area contributed by atoms with Gasteiger partial charge in [0.05, 0.1) is 28.4 Å². The van der Waals surface area contributed by atoms with Crippen molar-refractivity contribution in [2.24, 2.45) is 0 Å². The summed E-state index contributed by atoms with van der Waals surface area (Å²) in [4.78, 5) is 17.9. The number of ether oxygens (including phenoxy) is 4. The topological polar surface area (TPSA) is 60.5 Å². The molecule has 2 aliphatic rings. The summed E-state index contributed by atoms with van der Waals surface area (Å²) in [5, 5.41) is 0. The Hall–Kier alpha value is -2.93. The van der Waals surface area contributed by atoms with Gasteiger partial charge in [-0.2, -0.15) is 0 Å². The molecule has 2 aromatic rings. The van der Waals surface area contributed by atoms with Gasteiger partial charge in [0.15, 0.2) is 23.0 Å². The number of carbonyl (C=O) groups excluding carboxylic acids is 1. The molecule has 0 bridgehead atoms. The third-order valence-corrected chi connectivity index (χ3v) is 7.40. The molecule has 190 valence electrons. The van der Waals surface area contributed by atoms with Crippen LogP contribution in [0, 0.1) is 0 Å². The molecule has 0 spiro atoms.